The van der Waals surface area contributed by atoms with Crippen LogP contribution in [0.15, 0.2) is 0 Å². The number of aliphatic hydroxyl groups is 2. The first-order valence-corrected chi connectivity index (χ1v) is 5.87. The third-order valence-electron chi connectivity index (χ3n) is 1.98. The van der Waals surface area contributed by atoms with Gasteiger partial charge in [-0.05, 0) is 6.42 Å². The van der Waals surface area contributed by atoms with E-state index < -0.39 is 32.7 Å². The molecule has 8 heteroatoms. The summed E-state index contributed by atoms with van der Waals surface area (Å²) in [7, 11) is -2.65. The van der Waals surface area contributed by atoms with E-state index in [1.54, 1.807) is 6.92 Å². The summed E-state index contributed by atoms with van der Waals surface area (Å²) in [5.41, 5.74) is -1.71. The van der Waals surface area contributed by atoms with Crippen LogP contribution in [0, 0.1) is 0 Å². The van der Waals surface area contributed by atoms with Crippen molar-refractivity contribution < 1.29 is 29.3 Å². The molecule has 0 aliphatic heterocycles. The molecule has 0 radical (unpaired) electrons. The molecule has 0 aromatic carbocycles. The maximum atomic E-state index is 11.2. The van der Waals surface area contributed by atoms with Gasteiger partial charge in [-0.15, -0.1) is 11.6 Å². The van der Waals surface area contributed by atoms with Gasteiger partial charge >= 0.3 is 8.60 Å². The van der Waals surface area contributed by atoms with Crippen LogP contribution in [0.2, 0.25) is 0 Å². The molecule has 0 amide bonds. The number of carbonyl (C=O) groups excluding carboxylic acids is 1. The van der Waals surface area contributed by atoms with E-state index in [0.717, 1.165) is 0 Å². The van der Waals surface area contributed by atoms with E-state index in [1.165, 1.54) is 0 Å². The maximum Gasteiger partial charge on any atom is 0.327 e. The summed E-state index contributed by atoms with van der Waals surface area (Å²) >= 11 is 5.41. The summed E-state index contributed by atoms with van der Waals surface area (Å²) in [5.74, 6) is -1.15. The Morgan fingerprint density at radius 1 is 1.60 bits per heavy atom. The Bertz CT molecular complexity index is 208. The molecule has 0 aromatic heterocycles. The number of halogens is 1. The van der Waals surface area contributed by atoms with E-state index in [-0.39, 0.29) is 12.3 Å². The predicted octanol–water partition coefficient (Wildman–Crippen LogP) is -0.476. The summed E-state index contributed by atoms with van der Waals surface area (Å²) in [6, 6.07) is 0. The van der Waals surface area contributed by atoms with Crippen LogP contribution in [0.4, 0.5) is 0 Å². The molecular weight excluding hydrogens is 246 g/mol. The molecule has 6 nitrogen and oxygen atoms in total. The lowest BCUT2D eigenvalue weighted by Gasteiger charge is -2.28. The molecular formula is C7H14ClO6P. The second-order valence-corrected chi connectivity index (χ2v) is 4.02. The molecule has 0 aliphatic rings. The van der Waals surface area contributed by atoms with Gasteiger partial charge in [-0.3, -0.25) is 4.79 Å². The Labute approximate surface area is 93.4 Å². The number of rotatable bonds is 7. The van der Waals surface area contributed by atoms with Crippen molar-refractivity contribution in [1.29, 1.82) is 0 Å². The molecule has 0 bridgehead atoms. The molecule has 90 valence electrons. The fourth-order valence-electron chi connectivity index (χ4n) is 0.861. The minimum atomic E-state index is -2.65. The number of carbonyl (C=O) groups is 1. The van der Waals surface area contributed by atoms with Gasteiger partial charge in [0.2, 0.25) is 0 Å². The zero-order valence-electron chi connectivity index (χ0n) is 8.13. The van der Waals surface area contributed by atoms with Crippen LogP contribution in [-0.2, 0) is 9.32 Å². The second-order valence-electron chi connectivity index (χ2n) is 2.99. The molecule has 0 rings (SSSR count). The largest absolute Gasteiger partial charge is 0.385 e. The van der Waals surface area contributed by atoms with Crippen LogP contribution < -0.4 is 0 Å². The third-order valence-corrected chi connectivity index (χ3v) is 2.80. The number of Topliss-reactive ketones (excluding diaryl/α,β-unsaturated/α-hetero) is 1. The maximum absolute atomic E-state index is 11.2. The fraction of sp³-hybridized carbons (Fsp3) is 0.857. The number of alkyl halides is 1. The third kappa shape index (κ3) is 4.70. The van der Waals surface area contributed by atoms with E-state index in [2.05, 4.69) is 4.52 Å². The Hall–Kier alpha value is 0.190. The lowest BCUT2D eigenvalue weighted by atomic mass is 9.93. The lowest BCUT2D eigenvalue weighted by Crippen LogP contribution is -2.49. The summed E-state index contributed by atoms with van der Waals surface area (Å²) in [6.45, 7) is 0.879. The van der Waals surface area contributed by atoms with Crippen molar-refractivity contribution in [2.24, 2.45) is 0 Å². The first-order valence-electron chi connectivity index (χ1n) is 4.17. The van der Waals surface area contributed by atoms with Crippen molar-refractivity contribution in [2.45, 2.75) is 25.0 Å². The van der Waals surface area contributed by atoms with Crippen LogP contribution in [0.1, 0.15) is 13.3 Å². The molecule has 0 fully saturated rings. The minimum Gasteiger partial charge on any atom is -0.385 e. The van der Waals surface area contributed by atoms with Crippen LogP contribution in [-0.4, -0.2) is 50.0 Å². The van der Waals surface area contributed by atoms with Gasteiger partial charge < -0.3 is 24.5 Å². The fourth-order valence-corrected chi connectivity index (χ4v) is 1.44. The van der Waals surface area contributed by atoms with Gasteiger partial charge in [-0.2, -0.15) is 0 Å². The van der Waals surface area contributed by atoms with Gasteiger partial charge in [0.1, 0.15) is 18.3 Å². The normalized spacial score (nSPS) is 17.5. The molecule has 2 atom stereocenters. The number of aliphatic hydroxyl groups excluding tert-OH is 1. The zero-order valence-corrected chi connectivity index (χ0v) is 9.78. The molecule has 15 heavy (non-hydrogen) atoms. The molecule has 0 saturated heterocycles. The highest BCUT2D eigenvalue weighted by atomic mass is 35.5. The highest BCUT2D eigenvalue weighted by Crippen LogP contribution is 2.25. The van der Waals surface area contributed by atoms with E-state index in [1.807, 2.05) is 0 Å². The van der Waals surface area contributed by atoms with Gasteiger partial charge in [-0.25, -0.2) is 0 Å². The average molecular weight is 261 g/mol. The zero-order chi connectivity index (χ0) is 12.1. The van der Waals surface area contributed by atoms with Gasteiger partial charge in [0.05, 0.1) is 5.88 Å². The van der Waals surface area contributed by atoms with Crippen LogP contribution >= 0.6 is 20.2 Å². The van der Waals surface area contributed by atoms with Crippen molar-refractivity contribution in [1.82, 2.24) is 0 Å². The summed E-state index contributed by atoms with van der Waals surface area (Å²) in [4.78, 5) is 28.0. The van der Waals surface area contributed by atoms with Crippen LogP contribution in [0.25, 0.3) is 0 Å². The van der Waals surface area contributed by atoms with Gasteiger partial charge in [-0.1, -0.05) is 6.92 Å². The topological polar surface area (TPSA) is 107 Å². The van der Waals surface area contributed by atoms with E-state index in [9.17, 15) is 15.0 Å². The quantitative estimate of drug-likeness (QED) is 0.364. The summed E-state index contributed by atoms with van der Waals surface area (Å²) < 4.78 is 4.22. The molecule has 0 saturated carbocycles. The predicted molar refractivity (Wildman–Crippen MR) is 54.3 cm³/mol. The van der Waals surface area contributed by atoms with E-state index in [0.29, 0.717) is 0 Å². The SMILES string of the molecule is CCC(O)(CCl)C(O)C(=O)COP(O)O. The van der Waals surface area contributed by atoms with Crippen molar-refractivity contribution in [3.63, 3.8) is 0 Å². The molecule has 0 aliphatic carbocycles. The smallest absolute Gasteiger partial charge is 0.327 e. The number of ketones is 1. The monoisotopic (exact) mass is 260 g/mol. The molecule has 4 N–H and O–H groups in total. The first-order chi connectivity index (χ1) is 6.87. The average Bonchev–Trinajstić information content (AvgIpc) is 2.23. The Morgan fingerprint density at radius 3 is 2.47 bits per heavy atom. The highest BCUT2D eigenvalue weighted by Gasteiger charge is 2.38. The van der Waals surface area contributed by atoms with Crippen molar-refractivity contribution in [3.8, 4) is 0 Å². The standard InChI is InChI=1S/C7H14ClO6P/c1-2-7(11,4-8)6(10)5(9)3-14-15(12)13/h6,10-13H,2-4H2,1H3. The minimum absolute atomic E-state index is 0.0937. The summed E-state index contributed by atoms with van der Waals surface area (Å²) in [6.07, 6.45) is -1.61. The Kier molecular flexibility index (Phi) is 6.79. The summed E-state index contributed by atoms with van der Waals surface area (Å²) in [5, 5.41) is 19.1. The molecule has 0 heterocycles. The van der Waals surface area contributed by atoms with Crippen LogP contribution in [0.3, 0.4) is 0 Å². The van der Waals surface area contributed by atoms with Crippen LogP contribution in [0.5, 0.6) is 0 Å². The van der Waals surface area contributed by atoms with Gasteiger partial charge in [0, 0.05) is 0 Å². The lowest BCUT2D eigenvalue weighted by molar-refractivity contribution is -0.143. The first kappa shape index (κ1) is 15.2. The van der Waals surface area contributed by atoms with Gasteiger partial charge in [0.25, 0.3) is 0 Å². The number of hydrogen-bond acceptors (Lipinski definition) is 6. The van der Waals surface area contributed by atoms with E-state index in [4.69, 9.17) is 21.4 Å². The number of hydrogen-bond donors (Lipinski definition) is 4. The van der Waals surface area contributed by atoms with Crippen molar-refractivity contribution >= 4 is 26.0 Å². The van der Waals surface area contributed by atoms with E-state index >= 15 is 0 Å². The Balaban J connectivity index is 4.29. The molecule has 0 aromatic rings. The van der Waals surface area contributed by atoms with Crippen molar-refractivity contribution in [2.75, 3.05) is 12.5 Å². The Morgan fingerprint density at radius 2 is 2.13 bits per heavy atom. The molecule has 2 unspecified atom stereocenters. The van der Waals surface area contributed by atoms with Crippen molar-refractivity contribution in [3.05, 3.63) is 0 Å². The second kappa shape index (κ2) is 6.70. The molecule has 0 spiro atoms. The van der Waals surface area contributed by atoms with Gasteiger partial charge in [0.15, 0.2) is 5.78 Å². The highest BCUT2D eigenvalue weighted by molar-refractivity contribution is 7.39.